The van der Waals surface area contributed by atoms with Crippen molar-refractivity contribution in [3.63, 3.8) is 0 Å². The summed E-state index contributed by atoms with van der Waals surface area (Å²) in [6, 6.07) is 1.10. The Hall–Kier alpha value is -1.31. The Kier molecular flexibility index (Phi) is 5.88. The van der Waals surface area contributed by atoms with Gasteiger partial charge in [0.1, 0.15) is 6.73 Å². The van der Waals surface area contributed by atoms with E-state index < -0.39 is 14.2 Å². The van der Waals surface area contributed by atoms with E-state index in [4.69, 9.17) is 21.4 Å². The third-order valence-corrected chi connectivity index (χ3v) is 5.71. The van der Waals surface area contributed by atoms with Crippen LogP contribution in [0.25, 0.3) is 5.57 Å². The Morgan fingerprint density at radius 2 is 2.22 bits per heavy atom. The predicted octanol–water partition coefficient (Wildman–Crippen LogP) is 3.62. The summed E-state index contributed by atoms with van der Waals surface area (Å²) in [6.45, 7) is 8.88. The summed E-state index contributed by atoms with van der Waals surface area (Å²) in [5.74, 6) is 0. The van der Waals surface area contributed by atoms with Crippen LogP contribution in [0.1, 0.15) is 12.1 Å². The van der Waals surface area contributed by atoms with Crippen LogP contribution in [-0.2, 0) is 11.5 Å². The summed E-state index contributed by atoms with van der Waals surface area (Å²) in [6.07, 6.45) is 3.64. The van der Waals surface area contributed by atoms with Gasteiger partial charge in [-0.3, -0.25) is 4.57 Å². The highest BCUT2D eigenvalue weighted by molar-refractivity contribution is 6.76. The summed E-state index contributed by atoms with van der Waals surface area (Å²) in [5.41, 5.74) is 1.61. The molecular formula is C15H24ClN3O3Si. The lowest BCUT2D eigenvalue weighted by Crippen LogP contribution is -2.34. The van der Waals surface area contributed by atoms with E-state index in [0.717, 1.165) is 23.9 Å². The summed E-state index contributed by atoms with van der Waals surface area (Å²) in [7, 11) is -1.10. The molecule has 1 aliphatic heterocycles. The minimum absolute atomic E-state index is 0.346. The van der Waals surface area contributed by atoms with Crippen LogP contribution in [0.15, 0.2) is 12.3 Å². The highest BCUT2D eigenvalue weighted by Gasteiger charge is 2.20. The average Bonchev–Trinajstić information content (AvgIpc) is 2.84. The number of halogens is 1. The van der Waals surface area contributed by atoms with Crippen LogP contribution < -0.4 is 0 Å². The predicted molar refractivity (Wildman–Crippen MR) is 93.5 cm³/mol. The van der Waals surface area contributed by atoms with Gasteiger partial charge in [0.05, 0.1) is 12.2 Å². The van der Waals surface area contributed by atoms with E-state index in [0.29, 0.717) is 31.5 Å². The molecule has 6 nitrogen and oxygen atoms in total. The maximum Gasteiger partial charge on any atom is 0.407 e. The number of aromatic nitrogens is 2. The fraction of sp³-hybridized carbons (Fsp3) is 0.600. The number of hydrogen-bond acceptors (Lipinski definition) is 3. The fourth-order valence-electron chi connectivity index (χ4n) is 2.27. The Balaban J connectivity index is 1.95. The standard InChI is InChI=1S/C15H24ClN3O3Si/c1-23(2,3)8-7-22-11-19-10-13(17-14(19)16)12-5-4-6-18(9-12)15(20)21/h5,10H,4,6-9,11H2,1-3H3,(H,20,21). The highest BCUT2D eigenvalue weighted by atomic mass is 35.5. The fourth-order valence-corrected chi connectivity index (χ4v) is 3.22. The van der Waals surface area contributed by atoms with E-state index >= 15 is 0 Å². The number of amides is 1. The molecule has 0 bridgehead atoms. The van der Waals surface area contributed by atoms with Crippen LogP contribution in [-0.4, -0.2) is 53.4 Å². The lowest BCUT2D eigenvalue weighted by Gasteiger charge is -2.23. The van der Waals surface area contributed by atoms with Crippen molar-refractivity contribution in [3.8, 4) is 0 Å². The molecule has 8 heteroatoms. The van der Waals surface area contributed by atoms with Crippen molar-refractivity contribution in [3.05, 3.63) is 23.3 Å². The molecule has 128 valence electrons. The van der Waals surface area contributed by atoms with Gasteiger partial charge in [-0.05, 0) is 29.6 Å². The molecule has 0 fully saturated rings. The van der Waals surface area contributed by atoms with E-state index in [-0.39, 0.29) is 0 Å². The van der Waals surface area contributed by atoms with Gasteiger partial charge >= 0.3 is 6.09 Å². The number of nitrogens with zero attached hydrogens (tertiary/aromatic N) is 3. The number of imidazole rings is 1. The average molecular weight is 358 g/mol. The summed E-state index contributed by atoms with van der Waals surface area (Å²) in [5, 5.41) is 9.46. The summed E-state index contributed by atoms with van der Waals surface area (Å²) >= 11 is 6.16. The molecule has 1 amide bonds. The van der Waals surface area contributed by atoms with Crippen LogP contribution in [0, 0.1) is 0 Å². The zero-order valence-electron chi connectivity index (χ0n) is 13.9. The first-order valence-electron chi connectivity index (χ1n) is 7.74. The van der Waals surface area contributed by atoms with Crippen LogP contribution in [0.5, 0.6) is 0 Å². The summed E-state index contributed by atoms with van der Waals surface area (Å²) < 4.78 is 7.44. The van der Waals surface area contributed by atoms with Crippen molar-refractivity contribution in [1.29, 1.82) is 0 Å². The molecule has 0 spiro atoms. The molecule has 0 radical (unpaired) electrons. The van der Waals surface area contributed by atoms with Crippen molar-refractivity contribution in [2.45, 2.75) is 38.8 Å². The normalized spacial score (nSPS) is 15.7. The zero-order chi connectivity index (χ0) is 17.0. The van der Waals surface area contributed by atoms with E-state index in [1.807, 2.05) is 12.3 Å². The highest BCUT2D eigenvalue weighted by Crippen LogP contribution is 2.22. The minimum atomic E-state index is -1.10. The van der Waals surface area contributed by atoms with Crippen LogP contribution in [0.4, 0.5) is 4.79 Å². The molecule has 2 heterocycles. The van der Waals surface area contributed by atoms with E-state index in [1.165, 1.54) is 4.90 Å². The smallest absolute Gasteiger partial charge is 0.407 e. The molecule has 0 aromatic carbocycles. The van der Waals surface area contributed by atoms with Crippen molar-refractivity contribution in [2.75, 3.05) is 19.7 Å². The monoisotopic (exact) mass is 357 g/mol. The topological polar surface area (TPSA) is 67.6 Å². The number of rotatable bonds is 6. The summed E-state index contributed by atoms with van der Waals surface area (Å²) in [4.78, 5) is 16.8. The second-order valence-corrected chi connectivity index (χ2v) is 12.9. The SMILES string of the molecule is C[Si](C)(C)CCOCn1cc(C2=CCCN(C(=O)O)C2)nc1Cl. The maximum absolute atomic E-state index is 11.1. The molecule has 1 aromatic rings. The molecule has 0 atom stereocenters. The second kappa shape index (κ2) is 7.50. The third kappa shape index (κ3) is 5.37. The molecule has 1 N–H and O–H groups in total. The van der Waals surface area contributed by atoms with Gasteiger partial charge in [-0.25, -0.2) is 9.78 Å². The Morgan fingerprint density at radius 3 is 2.87 bits per heavy atom. The molecule has 1 aromatic heterocycles. The van der Waals surface area contributed by atoms with Crippen molar-refractivity contribution in [1.82, 2.24) is 14.5 Å². The maximum atomic E-state index is 11.1. The second-order valence-electron chi connectivity index (χ2n) is 6.94. The third-order valence-electron chi connectivity index (χ3n) is 3.71. The van der Waals surface area contributed by atoms with Gasteiger partial charge < -0.3 is 14.7 Å². The molecule has 23 heavy (non-hydrogen) atoms. The number of ether oxygens (including phenoxy) is 1. The lowest BCUT2D eigenvalue weighted by atomic mass is 10.1. The van der Waals surface area contributed by atoms with Gasteiger partial charge in [0.2, 0.25) is 5.28 Å². The molecule has 0 saturated heterocycles. The van der Waals surface area contributed by atoms with Crippen molar-refractivity contribution in [2.24, 2.45) is 0 Å². The van der Waals surface area contributed by atoms with Gasteiger partial charge in [0.15, 0.2) is 0 Å². The van der Waals surface area contributed by atoms with Gasteiger partial charge in [0, 0.05) is 27.4 Å². The molecule has 0 aliphatic carbocycles. The van der Waals surface area contributed by atoms with Gasteiger partial charge in [-0.15, -0.1) is 0 Å². The van der Waals surface area contributed by atoms with E-state index in [9.17, 15) is 4.79 Å². The number of carboxylic acid groups (broad SMARTS) is 1. The molecule has 0 unspecified atom stereocenters. The molecular weight excluding hydrogens is 334 g/mol. The van der Waals surface area contributed by atoms with Gasteiger partial charge in [0.25, 0.3) is 0 Å². The van der Waals surface area contributed by atoms with Gasteiger partial charge in [-0.2, -0.15) is 0 Å². The quantitative estimate of drug-likeness (QED) is 0.623. The lowest BCUT2D eigenvalue weighted by molar-refractivity contribution is 0.0873. The number of hydrogen-bond donors (Lipinski definition) is 1. The minimum Gasteiger partial charge on any atom is -0.465 e. The Bertz CT molecular complexity index is 595. The first-order chi connectivity index (χ1) is 10.8. The van der Waals surface area contributed by atoms with Crippen molar-refractivity contribution >= 4 is 31.3 Å². The van der Waals surface area contributed by atoms with E-state index in [1.54, 1.807) is 4.57 Å². The van der Waals surface area contributed by atoms with Crippen molar-refractivity contribution < 1.29 is 14.6 Å². The number of carbonyl (C=O) groups is 1. The van der Waals surface area contributed by atoms with Gasteiger partial charge in [-0.1, -0.05) is 25.7 Å². The Morgan fingerprint density at radius 1 is 1.48 bits per heavy atom. The molecule has 2 rings (SSSR count). The van der Waals surface area contributed by atoms with Crippen LogP contribution in [0.3, 0.4) is 0 Å². The molecule has 1 aliphatic rings. The molecule has 0 saturated carbocycles. The van der Waals surface area contributed by atoms with E-state index in [2.05, 4.69) is 24.6 Å². The van der Waals surface area contributed by atoms with Crippen LogP contribution >= 0.6 is 11.6 Å². The largest absolute Gasteiger partial charge is 0.465 e. The zero-order valence-corrected chi connectivity index (χ0v) is 15.6. The first-order valence-corrected chi connectivity index (χ1v) is 11.8. The first kappa shape index (κ1) is 18.0. The van der Waals surface area contributed by atoms with Crippen LogP contribution in [0.2, 0.25) is 31.0 Å². The Labute approximate surface area is 142 Å².